The van der Waals surface area contributed by atoms with Crippen molar-refractivity contribution in [2.45, 2.75) is 25.7 Å². The molecule has 0 aromatic heterocycles. The lowest BCUT2D eigenvalue weighted by atomic mass is 9.81. The van der Waals surface area contributed by atoms with Gasteiger partial charge in [0, 0.05) is 12.1 Å². The Morgan fingerprint density at radius 1 is 1.00 bits per heavy atom. The minimum absolute atomic E-state index is 0.0507. The number of carbonyl (C=O) groups excluding carboxylic acids is 2. The van der Waals surface area contributed by atoms with Gasteiger partial charge >= 0.3 is 0 Å². The van der Waals surface area contributed by atoms with Gasteiger partial charge in [-0.15, -0.1) is 0 Å². The van der Waals surface area contributed by atoms with Crippen molar-refractivity contribution in [2.75, 3.05) is 4.90 Å². The van der Waals surface area contributed by atoms with Crippen molar-refractivity contribution in [3.8, 4) is 0 Å². The number of nitro benzene ring substituents is 1. The largest absolute Gasteiger partial charge is 0.274 e. The van der Waals surface area contributed by atoms with Gasteiger partial charge in [0.25, 0.3) is 5.69 Å². The molecule has 1 aliphatic heterocycles. The van der Waals surface area contributed by atoms with Gasteiger partial charge in [-0.1, -0.05) is 12.8 Å². The fourth-order valence-corrected chi connectivity index (χ4v) is 3.14. The number of rotatable bonds is 2. The molecule has 6 nitrogen and oxygen atoms in total. The molecule has 0 bridgehead atoms. The fourth-order valence-electron chi connectivity index (χ4n) is 3.14. The van der Waals surface area contributed by atoms with E-state index in [2.05, 4.69) is 0 Å². The van der Waals surface area contributed by atoms with Crippen LogP contribution in [0.25, 0.3) is 0 Å². The first-order valence-corrected chi connectivity index (χ1v) is 6.72. The number of carbonyl (C=O) groups is 2. The molecule has 20 heavy (non-hydrogen) atoms. The topological polar surface area (TPSA) is 80.5 Å². The normalized spacial score (nSPS) is 25.7. The van der Waals surface area contributed by atoms with E-state index >= 15 is 0 Å². The molecule has 0 spiro atoms. The minimum Gasteiger partial charge on any atom is -0.274 e. The molecule has 1 heterocycles. The quantitative estimate of drug-likeness (QED) is 0.470. The second-order valence-electron chi connectivity index (χ2n) is 5.28. The lowest BCUT2D eigenvalue weighted by molar-refractivity contribution is -0.384. The molecular formula is C14H14N2O4. The number of hydrogen-bond donors (Lipinski definition) is 0. The van der Waals surface area contributed by atoms with E-state index in [4.69, 9.17) is 0 Å². The zero-order valence-electron chi connectivity index (χ0n) is 10.8. The molecule has 3 rings (SSSR count). The maximum Gasteiger partial charge on any atom is 0.269 e. The van der Waals surface area contributed by atoms with E-state index in [1.54, 1.807) is 0 Å². The summed E-state index contributed by atoms with van der Waals surface area (Å²) in [5.41, 5.74) is 0.380. The highest BCUT2D eigenvalue weighted by atomic mass is 16.6. The van der Waals surface area contributed by atoms with Crippen molar-refractivity contribution in [1.29, 1.82) is 0 Å². The Labute approximate surface area is 115 Å². The molecule has 2 atom stereocenters. The molecule has 104 valence electrons. The van der Waals surface area contributed by atoms with Gasteiger partial charge in [-0.25, -0.2) is 0 Å². The highest BCUT2D eigenvalue weighted by Crippen LogP contribution is 2.40. The van der Waals surface area contributed by atoms with Crippen molar-refractivity contribution in [2.24, 2.45) is 11.8 Å². The third-order valence-electron chi connectivity index (χ3n) is 4.16. The van der Waals surface area contributed by atoms with Crippen LogP contribution < -0.4 is 4.90 Å². The molecule has 1 aliphatic carbocycles. The molecule has 0 N–H and O–H groups in total. The van der Waals surface area contributed by atoms with Crippen molar-refractivity contribution < 1.29 is 14.5 Å². The Balaban J connectivity index is 1.91. The Morgan fingerprint density at radius 3 is 1.95 bits per heavy atom. The van der Waals surface area contributed by atoms with Crippen LogP contribution in [-0.4, -0.2) is 16.7 Å². The Hall–Kier alpha value is -2.24. The van der Waals surface area contributed by atoms with Gasteiger partial charge in [0.2, 0.25) is 11.8 Å². The van der Waals surface area contributed by atoms with Gasteiger partial charge < -0.3 is 0 Å². The van der Waals surface area contributed by atoms with Crippen molar-refractivity contribution in [3.05, 3.63) is 34.4 Å². The molecule has 1 aromatic rings. The number of benzene rings is 1. The van der Waals surface area contributed by atoms with E-state index in [0.29, 0.717) is 5.69 Å². The number of imide groups is 1. The summed E-state index contributed by atoms with van der Waals surface area (Å²) in [6.07, 6.45) is 3.49. The molecule has 0 radical (unpaired) electrons. The molecule has 1 saturated heterocycles. The zero-order valence-corrected chi connectivity index (χ0v) is 10.8. The summed E-state index contributed by atoms with van der Waals surface area (Å²) >= 11 is 0. The summed E-state index contributed by atoms with van der Waals surface area (Å²) in [6.45, 7) is 0. The van der Waals surface area contributed by atoms with E-state index in [-0.39, 0.29) is 29.3 Å². The van der Waals surface area contributed by atoms with Gasteiger partial charge in [-0.05, 0) is 25.0 Å². The zero-order chi connectivity index (χ0) is 14.3. The van der Waals surface area contributed by atoms with E-state index in [1.807, 2.05) is 0 Å². The van der Waals surface area contributed by atoms with Crippen LogP contribution in [-0.2, 0) is 9.59 Å². The number of hydrogen-bond acceptors (Lipinski definition) is 4. The van der Waals surface area contributed by atoms with Crippen LogP contribution in [0.4, 0.5) is 11.4 Å². The predicted molar refractivity (Wildman–Crippen MR) is 71.0 cm³/mol. The molecule has 1 aromatic carbocycles. The standard InChI is InChI=1S/C14H14N2O4/c17-13-11-3-1-2-4-12(11)14(18)15(13)9-5-7-10(8-6-9)16(19)20/h5-8,11-12H,1-4H2/t11-,12-/m0/s1. The van der Waals surface area contributed by atoms with Gasteiger partial charge in [-0.2, -0.15) is 0 Å². The van der Waals surface area contributed by atoms with E-state index in [9.17, 15) is 19.7 Å². The number of anilines is 1. The van der Waals surface area contributed by atoms with Crippen molar-refractivity contribution in [1.82, 2.24) is 0 Å². The van der Waals surface area contributed by atoms with Gasteiger partial charge in [-0.3, -0.25) is 24.6 Å². The molecule has 6 heteroatoms. The molecule has 0 unspecified atom stereocenters. The number of nitrogens with zero attached hydrogens (tertiary/aromatic N) is 2. The second kappa shape index (κ2) is 4.70. The minimum atomic E-state index is -0.503. The molecule has 1 saturated carbocycles. The lowest BCUT2D eigenvalue weighted by Gasteiger charge is -2.19. The first-order valence-electron chi connectivity index (χ1n) is 6.72. The Kier molecular flexibility index (Phi) is 3.00. The van der Waals surface area contributed by atoms with E-state index < -0.39 is 4.92 Å². The smallest absolute Gasteiger partial charge is 0.269 e. The van der Waals surface area contributed by atoms with Crippen LogP contribution in [0, 0.1) is 22.0 Å². The fraction of sp³-hybridized carbons (Fsp3) is 0.429. The average Bonchev–Trinajstić information content (AvgIpc) is 2.72. The third kappa shape index (κ3) is 1.88. The first kappa shape index (κ1) is 12.8. The number of non-ortho nitro benzene ring substituents is 1. The highest BCUT2D eigenvalue weighted by molar-refractivity contribution is 6.22. The van der Waals surface area contributed by atoms with Crippen LogP contribution in [0.3, 0.4) is 0 Å². The third-order valence-corrected chi connectivity index (χ3v) is 4.16. The number of nitro groups is 1. The maximum atomic E-state index is 12.3. The maximum absolute atomic E-state index is 12.3. The second-order valence-corrected chi connectivity index (χ2v) is 5.28. The Bertz CT molecular complexity index is 557. The molecule has 2 aliphatic rings. The van der Waals surface area contributed by atoms with Crippen LogP contribution in [0.15, 0.2) is 24.3 Å². The van der Waals surface area contributed by atoms with Gasteiger partial charge in [0.05, 0.1) is 22.4 Å². The first-order chi connectivity index (χ1) is 9.59. The van der Waals surface area contributed by atoms with Gasteiger partial charge in [0.15, 0.2) is 0 Å². The summed E-state index contributed by atoms with van der Waals surface area (Å²) in [7, 11) is 0. The average molecular weight is 274 g/mol. The van der Waals surface area contributed by atoms with Crippen LogP contribution in [0.2, 0.25) is 0 Å². The summed E-state index contributed by atoms with van der Waals surface area (Å²) in [6, 6.07) is 5.56. The van der Waals surface area contributed by atoms with Crippen molar-refractivity contribution in [3.63, 3.8) is 0 Å². The summed E-state index contributed by atoms with van der Waals surface area (Å²) in [4.78, 5) is 36.0. The summed E-state index contributed by atoms with van der Waals surface area (Å²) < 4.78 is 0. The number of amides is 2. The predicted octanol–water partition coefficient (Wildman–Crippen LogP) is 2.27. The Morgan fingerprint density at radius 2 is 1.50 bits per heavy atom. The molecule has 2 amide bonds. The number of fused-ring (bicyclic) bond motifs is 1. The van der Waals surface area contributed by atoms with Crippen molar-refractivity contribution >= 4 is 23.2 Å². The summed E-state index contributed by atoms with van der Waals surface area (Å²) in [5.74, 6) is -0.722. The van der Waals surface area contributed by atoms with E-state index in [0.717, 1.165) is 25.7 Å². The SMILES string of the molecule is O=C1[C@H]2CCCC[C@@H]2C(=O)N1c1ccc([N+](=O)[O-])cc1. The monoisotopic (exact) mass is 274 g/mol. The van der Waals surface area contributed by atoms with E-state index in [1.165, 1.54) is 29.2 Å². The van der Waals surface area contributed by atoms with Crippen LogP contribution in [0.1, 0.15) is 25.7 Å². The summed E-state index contributed by atoms with van der Waals surface area (Å²) in [5, 5.41) is 10.6. The van der Waals surface area contributed by atoms with Gasteiger partial charge in [0.1, 0.15) is 0 Å². The lowest BCUT2D eigenvalue weighted by Crippen LogP contribution is -2.30. The highest BCUT2D eigenvalue weighted by Gasteiger charge is 2.48. The molecular weight excluding hydrogens is 260 g/mol. The van der Waals surface area contributed by atoms with Crippen LogP contribution in [0.5, 0.6) is 0 Å². The van der Waals surface area contributed by atoms with Crippen LogP contribution >= 0.6 is 0 Å². The molecule has 2 fully saturated rings.